The molecular weight excluding hydrogens is 456 g/mol. The molecule has 2 rings (SSSR count). The SMILES string of the molecule is CCCCOC(=O)[C@@H](NC(=O)C1=C(C)NC(N)=C(C(=O)OC)C1c1cccc([N+](=O)[O-])c1)C(C)C. The number of carbonyl (C=O) groups is 3. The van der Waals surface area contributed by atoms with Gasteiger partial charge in [-0.05, 0) is 24.8 Å². The summed E-state index contributed by atoms with van der Waals surface area (Å²) < 4.78 is 10.2. The maximum Gasteiger partial charge on any atom is 0.338 e. The van der Waals surface area contributed by atoms with Crippen LogP contribution in [0.5, 0.6) is 0 Å². The summed E-state index contributed by atoms with van der Waals surface area (Å²) >= 11 is 0. The quantitative estimate of drug-likeness (QED) is 0.194. The monoisotopic (exact) mass is 488 g/mol. The highest BCUT2D eigenvalue weighted by Gasteiger charge is 2.39. The molecule has 190 valence electrons. The first-order chi connectivity index (χ1) is 16.5. The molecule has 1 aliphatic heterocycles. The molecule has 1 aromatic carbocycles. The number of nitro groups is 1. The Morgan fingerprint density at radius 3 is 2.51 bits per heavy atom. The number of methoxy groups -OCH3 is 1. The molecule has 0 radical (unpaired) electrons. The van der Waals surface area contributed by atoms with Crippen LogP contribution in [-0.2, 0) is 23.9 Å². The molecule has 0 aliphatic carbocycles. The predicted octanol–water partition coefficient (Wildman–Crippen LogP) is 2.38. The average Bonchev–Trinajstić information content (AvgIpc) is 2.81. The first-order valence-corrected chi connectivity index (χ1v) is 11.3. The van der Waals surface area contributed by atoms with Gasteiger partial charge in [-0.25, -0.2) is 9.59 Å². The lowest BCUT2D eigenvalue weighted by Crippen LogP contribution is -2.48. The number of non-ortho nitro benzene ring substituents is 1. The average molecular weight is 489 g/mol. The Morgan fingerprint density at radius 1 is 1.26 bits per heavy atom. The summed E-state index contributed by atoms with van der Waals surface area (Å²) in [5, 5.41) is 16.9. The third kappa shape index (κ3) is 6.37. The first kappa shape index (κ1) is 27.4. The lowest BCUT2D eigenvalue weighted by molar-refractivity contribution is -0.384. The van der Waals surface area contributed by atoms with E-state index in [1.165, 1.54) is 25.3 Å². The molecule has 1 unspecified atom stereocenters. The van der Waals surface area contributed by atoms with Crippen molar-refractivity contribution in [2.24, 2.45) is 11.7 Å². The number of nitrogens with two attached hydrogens (primary N) is 1. The number of ether oxygens (including phenoxy) is 2. The number of nitrogens with one attached hydrogen (secondary N) is 2. The fourth-order valence-electron chi connectivity index (χ4n) is 3.77. The Kier molecular flexibility index (Phi) is 9.38. The number of dihydropyridines is 1. The minimum Gasteiger partial charge on any atom is -0.466 e. The second kappa shape index (κ2) is 12.0. The van der Waals surface area contributed by atoms with Crippen LogP contribution >= 0.6 is 0 Å². The molecular formula is C24H32N4O7. The van der Waals surface area contributed by atoms with Gasteiger partial charge < -0.3 is 25.8 Å². The Labute approximate surface area is 203 Å². The van der Waals surface area contributed by atoms with Crippen LogP contribution in [0.4, 0.5) is 5.69 Å². The van der Waals surface area contributed by atoms with Crippen molar-refractivity contribution < 1.29 is 28.8 Å². The molecule has 1 heterocycles. The third-order valence-electron chi connectivity index (χ3n) is 5.61. The third-order valence-corrected chi connectivity index (χ3v) is 5.61. The number of nitrogens with zero attached hydrogens (tertiary/aromatic N) is 1. The molecule has 0 spiro atoms. The molecule has 11 heteroatoms. The van der Waals surface area contributed by atoms with Crippen LogP contribution in [0, 0.1) is 16.0 Å². The van der Waals surface area contributed by atoms with E-state index in [0.29, 0.717) is 17.7 Å². The summed E-state index contributed by atoms with van der Waals surface area (Å²) in [6.45, 7) is 7.32. The fourth-order valence-corrected chi connectivity index (χ4v) is 3.77. The Balaban J connectivity index is 2.54. The normalized spacial score (nSPS) is 16.5. The van der Waals surface area contributed by atoms with E-state index in [2.05, 4.69) is 10.6 Å². The van der Waals surface area contributed by atoms with E-state index < -0.39 is 34.7 Å². The van der Waals surface area contributed by atoms with Gasteiger partial charge in [0.25, 0.3) is 11.6 Å². The minimum absolute atomic E-state index is 0.0400. The Morgan fingerprint density at radius 2 is 1.94 bits per heavy atom. The van der Waals surface area contributed by atoms with Crippen molar-refractivity contribution in [1.29, 1.82) is 0 Å². The molecule has 35 heavy (non-hydrogen) atoms. The van der Waals surface area contributed by atoms with Crippen molar-refractivity contribution in [1.82, 2.24) is 10.6 Å². The number of hydrogen-bond acceptors (Lipinski definition) is 9. The van der Waals surface area contributed by atoms with Gasteiger partial charge in [0.2, 0.25) is 0 Å². The van der Waals surface area contributed by atoms with Crippen LogP contribution in [0.3, 0.4) is 0 Å². The van der Waals surface area contributed by atoms with Gasteiger partial charge >= 0.3 is 11.9 Å². The second-order valence-corrected chi connectivity index (χ2v) is 8.48. The van der Waals surface area contributed by atoms with Gasteiger partial charge in [-0.2, -0.15) is 0 Å². The van der Waals surface area contributed by atoms with E-state index in [4.69, 9.17) is 15.2 Å². The van der Waals surface area contributed by atoms with Crippen molar-refractivity contribution in [3.8, 4) is 0 Å². The highest BCUT2D eigenvalue weighted by atomic mass is 16.6. The van der Waals surface area contributed by atoms with Gasteiger partial charge in [0.05, 0.1) is 30.1 Å². The number of carbonyl (C=O) groups excluding carboxylic acids is 3. The number of hydrogen-bond donors (Lipinski definition) is 3. The predicted molar refractivity (Wildman–Crippen MR) is 128 cm³/mol. The topological polar surface area (TPSA) is 163 Å². The zero-order chi connectivity index (χ0) is 26.3. The summed E-state index contributed by atoms with van der Waals surface area (Å²) in [4.78, 5) is 49.7. The van der Waals surface area contributed by atoms with E-state index >= 15 is 0 Å². The van der Waals surface area contributed by atoms with Crippen LogP contribution in [0.1, 0.15) is 52.0 Å². The van der Waals surface area contributed by atoms with Crippen molar-refractivity contribution in [3.63, 3.8) is 0 Å². The molecule has 4 N–H and O–H groups in total. The number of nitro benzene ring substituents is 1. The van der Waals surface area contributed by atoms with E-state index in [9.17, 15) is 24.5 Å². The number of allylic oxidation sites excluding steroid dienone is 1. The van der Waals surface area contributed by atoms with Gasteiger partial charge in [-0.3, -0.25) is 14.9 Å². The van der Waals surface area contributed by atoms with E-state index in [-0.39, 0.29) is 35.2 Å². The van der Waals surface area contributed by atoms with Crippen LogP contribution in [-0.4, -0.2) is 42.5 Å². The largest absolute Gasteiger partial charge is 0.466 e. The van der Waals surface area contributed by atoms with Gasteiger partial charge in [0, 0.05) is 23.4 Å². The number of benzene rings is 1. The molecule has 1 aliphatic rings. The van der Waals surface area contributed by atoms with Crippen LogP contribution in [0.15, 0.2) is 46.9 Å². The first-order valence-electron chi connectivity index (χ1n) is 11.3. The molecule has 0 bridgehead atoms. The van der Waals surface area contributed by atoms with Gasteiger partial charge in [0.15, 0.2) is 0 Å². The zero-order valence-corrected chi connectivity index (χ0v) is 20.5. The molecule has 0 fully saturated rings. The number of rotatable bonds is 10. The number of amides is 1. The lowest BCUT2D eigenvalue weighted by Gasteiger charge is -2.31. The Hall–Kier alpha value is -3.89. The molecule has 1 amide bonds. The molecule has 0 saturated heterocycles. The zero-order valence-electron chi connectivity index (χ0n) is 20.5. The summed E-state index contributed by atoms with van der Waals surface area (Å²) in [7, 11) is 1.17. The summed E-state index contributed by atoms with van der Waals surface area (Å²) in [6, 6.07) is 4.63. The highest BCUT2D eigenvalue weighted by Crippen LogP contribution is 2.39. The van der Waals surface area contributed by atoms with Crippen LogP contribution in [0.25, 0.3) is 0 Å². The molecule has 1 aromatic rings. The summed E-state index contributed by atoms with van der Waals surface area (Å²) in [5.41, 5.74) is 6.49. The van der Waals surface area contributed by atoms with Crippen molar-refractivity contribution in [2.75, 3.05) is 13.7 Å². The molecule has 2 atom stereocenters. The molecule has 11 nitrogen and oxygen atoms in total. The van der Waals surface area contributed by atoms with Crippen LogP contribution < -0.4 is 16.4 Å². The van der Waals surface area contributed by atoms with Gasteiger partial charge in [-0.1, -0.05) is 39.3 Å². The Bertz CT molecular complexity index is 1060. The molecule has 0 aromatic heterocycles. The van der Waals surface area contributed by atoms with Gasteiger partial charge in [-0.15, -0.1) is 0 Å². The smallest absolute Gasteiger partial charge is 0.338 e. The maximum absolute atomic E-state index is 13.6. The van der Waals surface area contributed by atoms with E-state index in [0.717, 1.165) is 6.42 Å². The standard InChI is InChI=1S/C24H32N4O7/c1-6-7-11-35-24(31)20(13(2)3)27-22(29)17-14(4)26-21(25)19(23(30)34-5)18(17)15-9-8-10-16(12-15)28(32)33/h8-10,12-13,18,20,26H,6-7,11,25H2,1-5H3,(H,27,29)/t18?,20-/m0/s1. The number of esters is 2. The summed E-state index contributed by atoms with van der Waals surface area (Å²) in [6.07, 6.45) is 1.54. The van der Waals surface area contributed by atoms with Crippen molar-refractivity contribution >= 4 is 23.5 Å². The maximum atomic E-state index is 13.6. The van der Waals surface area contributed by atoms with Crippen LogP contribution in [0.2, 0.25) is 0 Å². The lowest BCUT2D eigenvalue weighted by atomic mass is 9.80. The number of unbranched alkanes of at least 4 members (excludes halogenated alkanes) is 1. The fraction of sp³-hybridized carbons (Fsp3) is 0.458. The highest BCUT2D eigenvalue weighted by molar-refractivity contribution is 6.03. The van der Waals surface area contributed by atoms with E-state index in [1.54, 1.807) is 26.8 Å². The molecule has 0 saturated carbocycles. The minimum atomic E-state index is -1.08. The van der Waals surface area contributed by atoms with E-state index in [1.807, 2.05) is 6.92 Å². The van der Waals surface area contributed by atoms with Gasteiger partial charge in [0.1, 0.15) is 11.9 Å². The van der Waals surface area contributed by atoms with Crippen molar-refractivity contribution in [3.05, 3.63) is 62.6 Å². The van der Waals surface area contributed by atoms with Crippen molar-refractivity contribution in [2.45, 2.75) is 52.5 Å². The summed E-state index contributed by atoms with van der Waals surface area (Å²) in [5.74, 6) is -3.42. The second-order valence-electron chi connectivity index (χ2n) is 8.48.